The highest BCUT2D eigenvalue weighted by atomic mass is 16.5. The molecule has 0 bridgehead atoms. The highest BCUT2D eigenvalue weighted by molar-refractivity contribution is 5.18. The van der Waals surface area contributed by atoms with Gasteiger partial charge in [-0.2, -0.15) is 0 Å². The van der Waals surface area contributed by atoms with Gasteiger partial charge in [-0.3, -0.25) is 0 Å². The summed E-state index contributed by atoms with van der Waals surface area (Å²) in [6.07, 6.45) is 0.0884. The van der Waals surface area contributed by atoms with Crippen LogP contribution in [0.15, 0.2) is 30.3 Å². The van der Waals surface area contributed by atoms with Gasteiger partial charge in [-0.1, -0.05) is 30.3 Å². The van der Waals surface area contributed by atoms with Crippen LogP contribution in [0.4, 0.5) is 0 Å². The molecule has 0 saturated carbocycles. The first-order chi connectivity index (χ1) is 8.17. The molecule has 1 rings (SSSR count). The van der Waals surface area contributed by atoms with Crippen LogP contribution in [0.2, 0.25) is 0 Å². The smallest absolute Gasteiger partial charge is 0.0956 e. The lowest BCUT2D eigenvalue weighted by molar-refractivity contribution is -0.0624. The molecule has 0 radical (unpaired) electrons. The molecule has 0 fully saturated rings. The summed E-state index contributed by atoms with van der Waals surface area (Å²) in [7, 11) is 0. The van der Waals surface area contributed by atoms with E-state index in [1.807, 2.05) is 6.07 Å². The maximum atomic E-state index is 6.16. The zero-order valence-electron chi connectivity index (χ0n) is 12.6. The van der Waals surface area contributed by atoms with Crippen LogP contribution in [0, 0.1) is 0 Å². The SMILES string of the molecule is CC(C)(C)NCC(OC(C)(C)C)c1ccccc1. The van der Waals surface area contributed by atoms with Gasteiger partial charge in [-0.15, -0.1) is 0 Å². The van der Waals surface area contributed by atoms with Crippen LogP contribution < -0.4 is 5.32 Å². The molecule has 18 heavy (non-hydrogen) atoms. The van der Waals surface area contributed by atoms with Gasteiger partial charge >= 0.3 is 0 Å². The van der Waals surface area contributed by atoms with E-state index in [1.54, 1.807) is 0 Å². The van der Waals surface area contributed by atoms with Gasteiger partial charge in [0.15, 0.2) is 0 Å². The van der Waals surface area contributed by atoms with Crippen molar-refractivity contribution in [1.82, 2.24) is 5.32 Å². The summed E-state index contributed by atoms with van der Waals surface area (Å²) >= 11 is 0. The summed E-state index contributed by atoms with van der Waals surface area (Å²) < 4.78 is 6.16. The monoisotopic (exact) mass is 249 g/mol. The number of ether oxygens (including phenoxy) is 1. The summed E-state index contributed by atoms with van der Waals surface area (Å²) in [4.78, 5) is 0. The Morgan fingerprint density at radius 1 is 1.00 bits per heavy atom. The minimum Gasteiger partial charge on any atom is -0.367 e. The van der Waals surface area contributed by atoms with Gasteiger partial charge in [0.25, 0.3) is 0 Å². The lowest BCUT2D eigenvalue weighted by atomic mass is 10.0. The van der Waals surface area contributed by atoms with Crippen LogP contribution in [-0.4, -0.2) is 17.7 Å². The van der Waals surface area contributed by atoms with E-state index in [9.17, 15) is 0 Å². The molecule has 0 heterocycles. The average Bonchev–Trinajstić information content (AvgIpc) is 2.23. The third-order valence-corrected chi connectivity index (χ3v) is 2.48. The van der Waals surface area contributed by atoms with Crippen LogP contribution in [0.5, 0.6) is 0 Å². The molecular formula is C16H27NO. The Hall–Kier alpha value is -0.860. The van der Waals surface area contributed by atoms with E-state index in [0.717, 1.165) is 6.54 Å². The van der Waals surface area contributed by atoms with E-state index < -0.39 is 0 Å². The van der Waals surface area contributed by atoms with Crippen molar-refractivity contribution in [2.45, 2.75) is 58.8 Å². The van der Waals surface area contributed by atoms with Crippen LogP contribution in [0.3, 0.4) is 0 Å². The fourth-order valence-corrected chi connectivity index (χ4v) is 1.72. The van der Waals surface area contributed by atoms with E-state index in [2.05, 4.69) is 71.1 Å². The van der Waals surface area contributed by atoms with Gasteiger partial charge in [-0.25, -0.2) is 0 Å². The van der Waals surface area contributed by atoms with Crippen molar-refractivity contribution in [2.24, 2.45) is 0 Å². The number of rotatable bonds is 4. The lowest BCUT2D eigenvalue weighted by Crippen LogP contribution is -2.40. The van der Waals surface area contributed by atoms with E-state index in [4.69, 9.17) is 4.74 Å². The molecular weight excluding hydrogens is 222 g/mol. The minimum atomic E-state index is -0.139. The summed E-state index contributed by atoms with van der Waals surface area (Å²) in [6, 6.07) is 10.4. The molecule has 1 aromatic carbocycles. The van der Waals surface area contributed by atoms with Gasteiger partial charge in [0, 0.05) is 12.1 Å². The van der Waals surface area contributed by atoms with E-state index in [1.165, 1.54) is 5.56 Å². The first-order valence-corrected chi connectivity index (χ1v) is 6.65. The summed E-state index contributed by atoms with van der Waals surface area (Å²) in [5.74, 6) is 0. The van der Waals surface area contributed by atoms with Crippen molar-refractivity contribution in [2.75, 3.05) is 6.54 Å². The molecule has 102 valence electrons. The third kappa shape index (κ3) is 6.18. The lowest BCUT2D eigenvalue weighted by Gasteiger charge is -2.31. The molecule has 1 unspecified atom stereocenters. The molecule has 1 N–H and O–H groups in total. The Labute approximate surface area is 112 Å². The molecule has 1 atom stereocenters. The second-order valence-corrected chi connectivity index (χ2v) is 6.76. The summed E-state index contributed by atoms with van der Waals surface area (Å²) in [5.41, 5.74) is 1.19. The Bertz CT molecular complexity index is 346. The molecule has 0 aromatic heterocycles. The first kappa shape index (κ1) is 15.2. The Kier molecular flexibility index (Phi) is 4.94. The van der Waals surface area contributed by atoms with E-state index >= 15 is 0 Å². The van der Waals surface area contributed by atoms with Crippen molar-refractivity contribution in [3.8, 4) is 0 Å². The predicted molar refractivity (Wildman–Crippen MR) is 77.8 cm³/mol. The summed E-state index contributed by atoms with van der Waals surface area (Å²) in [5, 5.41) is 3.52. The van der Waals surface area contributed by atoms with E-state index in [0.29, 0.717) is 0 Å². The van der Waals surface area contributed by atoms with Gasteiger partial charge in [0.2, 0.25) is 0 Å². The molecule has 1 aromatic rings. The molecule has 2 nitrogen and oxygen atoms in total. The predicted octanol–water partition coefficient (Wildman–Crippen LogP) is 3.93. The maximum Gasteiger partial charge on any atom is 0.0956 e. The number of hydrogen-bond acceptors (Lipinski definition) is 2. The average molecular weight is 249 g/mol. The number of nitrogens with one attached hydrogen (secondary N) is 1. The second-order valence-electron chi connectivity index (χ2n) is 6.76. The van der Waals surface area contributed by atoms with Crippen LogP contribution in [0.1, 0.15) is 53.2 Å². The molecule has 0 aliphatic heterocycles. The normalized spacial score (nSPS) is 14.6. The fourth-order valence-electron chi connectivity index (χ4n) is 1.72. The largest absolute Gasteiger partial charge is 0.367 e. The summed E-state index contributed by atoms with van der Waals surface area (Å²) in [6.45, 7) is 13.6. The highest BCUT2D eigenvalue weighted by Gasteiger charge is 2.22. The van der Waals surface area contributed by atoms with Crippen molar-refractivity contribution < 1.29 is 4.74 Å². The Balaban J connectivity index is 2.76. The van der Waals surface area contributed by atoms with Crippen molar-refractivity contribution in [3.05, 3.63) is 35.9 Å². The van der Waals surface area contributed by atoms with Crippen LogP contribution in [-0.2, 0) is 4.74 Å². The molecule has 2 heteroatoms. The van der Waals surface area contributed by atoms with Gasteiger partial charge in [-0.05, 0) is 47.1 Å². The standard InChI is InChI=1S/C16H27NO/c1-15(2,3)17-12-14(18-16(4,5)6)13-10-8-7-9-11-13/h7-11,14,17H,12H2,1-6H3. The second kappa shape index (κ2) is 5.85. The Morgan fingerprint density at radius 2 is 1.56 bits per heavy atom. The first-order valence-electron chi connectivity index (χ1n) is 6.65. The number of benzene rings is 1. The molecule has 0 amide bonds. The van der Waals surface area contributed by atoms with Gasteiger partial charge in [0.05, 0.1) is 11.7 Å². The number of hydrogen-bond donors (Lipinski definition) is 1. The topological polar surface area (TPSA) is 21.3 Å². The van der Waals surface area contributed by atoms with Crippen molar-refractivity contribution >= 4 is 0 Å². The quantitative estimate of drug-likeness (QED) is 0.873. The van der Waals surface area contributed by atoms with Crippen molar-refractivity contribution in [1.29, 1.82) is 0 Å². The van der Waals surface area contributed by atoms with Crippen LogP contribution >= 0.6 is 0 Å². The fraction of sp³-hybridized carbons (Fsp3) is 0.625. The molecule has 0 spiro atoms. The van der Waals surface area contributed by atoms with Gasteiger partial charge < -0.3 is 10.1 Å². The molecule has 0 aliphatic carbocycles. The van der Waals surface area contributed by atoms with E-state index in [-0.39, 0.29) is 17.2 Å². The highest BCUT2D eigenvalue weighted by Crippen LogP contribution is 2.23. The zero-order valence-corrected chi connectivity index (χ0v) is 12.6. The zero-order chi connectivity index (χ0) is 13.8. The molecule has 0 aliphatic rings. The Morgan fingerprint density at radius 3 is 2.00 bits per heavy atom. The molecule has 0 saturated heterocycles. The van der Waals surface area contributed by atoms with Gasteiger partial charge in [0.1, 0.15) is 0 Å². The maximum absolute atomic E-state index is 6.16. The van der Waals surface area contributed by atoms with Crippen molar-refractivity contribution in [3.63, 3.8) is 0 Å². The minimum absolute atomic E-state index is 0.0884. The van der Waals surface area contributed by atoms with Crippen LogP contribution in [0.25, 0.3) is 0 Å². The third-order valence-electron chi connectivity index (χ3n) is 2.48.